The van der Waals surface area contributed by atoms with E-state index in [9.17, 15) is 23.1 Å². The van der Waals surface area contributed by atoms with Crippen molar-refractivity contribution in [2.24, 2.45) is 5.41 Å². The van der Waals surface area contributed by atoms with E-state index < -0.39 is 11.7 Å². The highest BCUT2D eigenvalue weighted by atomic mass is 19.4. The van der Waals surface area contributed by atoms with Gasteiger partial charge in [0, 0.05) is 25.4 Å². The van der Waals surface area contributed by atoms with Crippen LogP contribution in [0.1, 0.15) is 31.7 Å². The molecule has 0 aliphatic carbocycles. The zero-order chi connectivity index (χ0) is 17.1. The van der Waals surface area contributed by atoms with E-state index in [0.29, 0.717) is 18.8 Å². The number of urea groups is 1. The second-order valence-electron chi connectivity index (χ2n) is 6.00. The molecule has 1 aromatic carbocycles. The maximum Gasteiger partial charge on any atom is 0.416 e. The van der Waals surface area contributed by atoms with Crippen molar-refractivity contribution in [3.63, 3.8) is 0 Å². The molecule has 1 saturated heterocycles. The van der Waals surface area contributed by atoms with Gasteiger partial charge in [-0.05, 0) is 48.9 Å². The van der Waals surface area contributed by atoms with Crippen LogP contribution >= 0.6 is 0 Å². The van der Waals surface area contributed by atoms with E-state index >= 15 is 0 Å². The number of anilines is 1. The number of halogens is 3. The normalized spacial score (nSPS) is 17.9. The summed E-state index contributed by atoms with van der Waals surface area (Å²) in [6, 6.07) is 4.05. The lowest BCUT2D eigenvalue weighted by molar-refractivity contribution is -0.137. The molecule has 2 amide bonds. The Morgan fingerprint density at radius 2 is 1.83 bits per heavy atom. The van der Waals surface area contributed by atoms with Crippen molar-refractivity contribution in [1.82, 2.24) is 4.90 Å². The molecule has 0 bridgehead atoms. The molecule has 1 aliphatic heterocycles. The number of carbonyl (C=O) groups is 1. The minimum atomic E-state index is -4.39. The van der Waals surface area contributed by atoms with Gasteiger partial charge in [-0.15, -0.1) is 0 Å². The predicted molar refractivity (Wildman–Crippen MR) is 81.1 cm³/mol. The molecule has 23 heavy (non-hydrogen) atoms. The van der Waals surface area contributed by atoms with Gasteiger partial charge < -0.3 is 15.3 Å². The summed E-state index contributed by atoms with van der Waals surface area (Å²) in [5, 5.41) is 12.1. The molecular formula is C16H21F3N2O2. The molecule has 1 aromatic rings. The van der Waals surface area contributed by atoms with E-state index in [1.807, 2.05) is 6.92 Å². The molecule has 0 atom stereocenters. The van der Waals surface area contributed by atoms with Crippen LogP contribution in [0.25, 0.3) is 0 Å². The van der Waals surface area contributed by atoms with Crippen molar-refractivity contribution in [2.45, 2.75) is 32.4 Å². The maximum absolute atomic E-state index is 12.5. The summed E-state index contributed by atoms with van der Waals surface area (Å²) >= 11 is 0. The topological polar surface area (TPSA) is 52.6 Å². The number of aliphatic hydroxyl groups excluding tert-OH is 1. The van der Waals surface area contributed by atoms with Gasteiger partial charge in [0.1, 0.15) is 0 Å². The van der Waals surface area contributed by atoms with Gasteiger partial charge in [-0.2, -0.15) is 13.2 Å². The van der Waals surface area contributed by atoms with Gasteiger partial charge in [-0.3, -0.25) is 0 Å². The number of likely N-dealkylation sites (tertiary alicyclic amines) is 1. The molecule has 1 fully saturated rings. The number of carbonyl (C=O) groups excluding carboxylic acids is 1. The third-order valence-electron chi connectivity index (χ3n) is 4.66. The van der Waals surface area contributed by atoms with Crippen molar-refractivity contribution in [3.05, 3.63) is 29.8 Å². The van der Waals surface area contributed by atoms with E-state index in [0.717, 1.165) is 31.4 Å². The average Bonchev–Trinajstić information content (AvgIpc) is 2.54. The van der Waals surface area contributed by atoms with Crippen molar-refractivity contribution in [2.75, 3.05) is 25.0 Å². The summed E-state index contributed by atoms with van der Waals surface area (Å²) in [5.74, 6) is 0. The molecule has 7 heteroatoms. The lowest BCUT2D eigenvalue weighted by Gasteiger charge is -2.40. The molecule has 0 radical (unpaired) electrons. The Balaban J connectivity index is 1.93. The molecule has 2 rings (SSSR count). The summed E-state index contributed by atoms with van der Waals surface area (Å²) in [7, 11) is 0. The van der Waals surface area contributed by atoms with Gasteiger partial charge >= 0.3 is 12.2 Å². The number of nitrogens with one attached hydrogen (secondary N) is 1. The molecule has 1 heterocycles. The number of nitrogens with zero attached hydrogens (tertiary/aromatic N) is 1. The Bertz CT molecular complexity index is 529. The summed E-state index contributed by atoms with van der Waals surface area (Å²) in [6.45, 7) is 3.19. The van der Waals surface area contributed by atoms with E-state index in [-0.39, 0.29) is 18.1 Å². The number of hydrogen-bond acceptors (Lipinski definition) is 2. The van der Waals surface area contributed by atoms with Crippen LogP contribution in [0.4, 0.5) is 23.7 Å². The van der Waals surface area contributed by atoms with Crippen LogP contribution in [-0.2, 0) is 6.18 Å². The summed E-state index contributed by atoms with van der Waals surface area (Å²) < 4.78 is 37.5. The number of piperidine rings is 1. The van der Waals surface area contributed by atoms with Crippen LogP contribution in [0.15, 0.2) is 24.3 Å². The van der Waals surface area contributed by atoms with Gasteiger partial charge in [0.25, 0.3) is 0 Å². The highest BCUT2D eigenvalue weighted by molar-refractivity contribution is 5.89. The summed E-state index contributed by atoms with van der Waals surface area (Å²) in [4.78, 5) is 13.8. The Labute approximate surface area is 133 Å². The van der Waals surface area contributed by atoms with Crippen molar-refractivity contribution in [1.29, 1.82) is 0 Å². The lowest BCUT2D eigenvalue weighted by atomic mass is 9.77. The Morgan fingerprint density at radius 1 is 1.26 bits per heavy atom. The van der Waals surface area contributed by atoms with Crippen molar-refractivity contribution < 1.29 is 23.1 Å². The van der Waals surface area contributed by atoms with Crippen LogP contribution in [0.2, 0.25) is 0 Å². The standard InChI is InChI=1S/C16H21F3N2O2/c1-2-15(11-22)7-9-21(10-8-15)14(23)20-13-5-3-12(4-6-13)16(17,18)19/h3-6,22H,2,7-11H2,1H3,(H,20,23). The first-order valence-corrected chi connectivity index (χ1v) is 7.64. The minimum Gasteiger partial charge on any atom is -0.396 e. The molecule has 0 aromatic heterocycles. The van der Waals surface area contributed by atoms with Crippen LogP contribution < -0.4 is 5.32 Å². The highest BCUT2D eigenvalue weighted by Gasteiger charge is 2.34. The lowest BCUT2D eigenvalue weighted by Crippen LogP contribution is -2.46. The quantitative estimate of drug-likeness (QED) is 0.887. The zero-order valence-electron chi connectivity index (χ0n) is 13.0. The molecule has 0 saturated carbocycles. The highest BCUT2D eigenvalue weighted by Crippen LogP contribution is 2.34. The number of amides is 2. The Kier molecular flexibility index (Phi) is 5.19. The average molecular weight is 330 g/mol. The fraction of sp³-hybridized carbons (Fsp3) is 0.562. The molecule has 1 aliphatic rings. The molecule has 128 valence electrons. The zero-order valence-corrected chi connectivity index (χ0v) is 13.0. The van der Waals surface area contributed by atoms with Gasteiger partial charge in [-0.25, -0.2) is 4.79 Å². The first-order valence-electron chi connectivity index (χ1n) is 7.64. The SMILES string of the molecule is CCC1(CO)CCN(C(=O)Nc2ccc(C(F)(F)F)cc2)CC1. The third kappa shape index (κ3) is 4.16. The second-order valence-corrected chi connectivity index (χ2v) is 6.00. The van der Waals surface area contributed by atoms with Gasteiger partial charge in [0.15, 0.2) is 0 Å². The van der Waals surface area contributed by atoms with Crippen LogP contribution in [-0.4, -0.2) is 35.7 Å². The fourth-order valence-corrected chi connectivity index (χ4v) is 2.75. The van der Waals surface area contributed by atoms with E-state index in [1.165, 1.54) is 12.1 Å². The number of rotatable bonds is 3. The van der Waals surface area contributed by atoms with E-state index in [2.05, 4.69) is 5.32 Å². The molecule has 0 spiro atoms. The Morgan fingerprint density at radius 3 is 2.26 bits per heavy atom. The van der Waals surface area contributed by atoms with Gasteiger partial charge in [0.2, 0.25) is 0 Å². The Hall–Kier alpha value is -1.76. The molecule has 4 nitrogen and oxygen atoms in total. The maximum atomic E-state index is 12.5. The number of benzene rings is 1. The van der Waals surface area contributed by atoms with Crippen molar-refractivity contribution >= 4 is 11.7 Å². The van der Waals surface area contributed by atoms with Crippen molar-refractivity contribution in [3.8, 4) is 0 Å². The largest absolute Gasteiger partial charge is 0.416 e. The molecule has 0 unspecified atom stereocenters. The first kappa shape index (κ1) is 17.6. The predicted octanol–water partition coefficient (Wildman–Crippen LogP) is 3.72. The smallest absolute Gasteiger partial charge is 0.396 e. The molecular weight excluding hydrogens is 309 g/mol. The monoisotopic (exact) mass is 330 g/mol. The van der Waals surface area contributed by atoms with Crippen LogP contribution in [0.3, 0.4) is 0 Å². The fourth-order valence-electron chi connectivity index (χ4n) is 2.75. The third-order valence-corrected chi connectivity index (χ3v) is 4.66. The first-order chi connectivity index (χ1) is 10.8. The number of aliphatic hydroxyl groups is 1. The van der Waals surface area contributed by atoms with E-state index in [4.69, 9.17) is 0 Å². The minimum absolute atomic E-state index is 0.109. The summed E-state index contributed by atoms with van der Waals surface area (Å²) in [6.07, 6.45) is -2.08. The van der Waals surface area contributed by atoms with Crippen LogP contribution in [0, 0.1) is 5.41 Å². The second kappa shape index (κ2) is 6.78. The number of alkyl halides is 3. The van der Waals surface area contributed by atoms with Gasteiger partial charge in [0.05, 0.1) is 5.56 Å². The molecule has 2 N–H and O–H groups in total. The van der Waals surface area contributed by atoms with E-state index in [1.54, 1.807) is 4.90 Å². The van der Waals surface area contributed by atoms with Crippen LogP contribution in [0.5, 0.6) is 0 Å². The number of hydrogen-bond donors (Lipinski definition) is 2. The summed E-state index contributed by atoms with van der Waals surface area (Å²) in [5.41, 5.74) is -0.535. The van der Waals surface area contributed by atoms with Gasteiger partial charge in [-0.1, -0.05) is 6.92 Å².